The molecule has 0 unspecified atom stereocenters. The number of methoxy groups -OCH3 is 1. The maximum absolute atomic E-state index is 5.55. The smallest absolute Gasteiger partial charge is 0.188 e. The van der Waals surface area contributed by atoms with Gasteiger partial charge in [0.1, 0.15) is 5.75 Å². The van der Waals surface area contributed by atoms with Crippen molar-refractivity contribution in [3.63, 3.8) is 0 Å². The number of benzene rings is 1. The van der Waals surface area contributed by atoms with E-state index in [0.29, 0.717) is 6.79 Å². The molecule has 0 aromatic heterocycles. The third-order valence-corrected chi connectivity index (χ3v) is 3.61. The lowest BCUT2D eigenvalue weighted by atomic mass is 10.0. The van der Waals surface area contributed by atoms with Crippen LogP contribution in [0.5, 0.6) is 5.75 Å². The van der Waals surface area contributed by atoms with E-state index in [-0.39, 0.29) is 0 Å². The fourth-order valence-electron chi connectivity index (χ4n) is 2.28. The molecular weight excluding hydrogens is 226 g/mol. The molecule has 1 aromatic carbocycles. The van der Waals surface area contributed by atoms with Crippen LogP contribution in [0.4, 0.5) is 0 Å². The lowest BCUT2D eigenvalue weighted by Gasteiger charge is -2.30. The average molecular weight is 249 g/mol. The Morgan fingerprint density at radius 2 is 1.94 bits per heavy atom. The van der Waals surface area contributed by atoms with Crippen LogP contribution in [0.3, 0.4) is 0 Å². The topological polar surface area (TPSA) is 21.7 Å². The molecule has 0 aliphatic carbocycles. The Labute approximate surface area is 110 Å². The third-order valence-electron chi connectivity index (χ3n) is 3.61. The van der Waals surface area contributed by atoms with Gasteiger partial charge in [0.2, 0.25) is 0 Å². The monoisotopic (exact) mass is 249 g/mol. The van der Waals surface area contributed by atoms with Crippen molar-refractivity contribution in [3.05, 3.63) is 28.8 Å². The van der Waals surface area contributed by atoms with Crippen molar-refractivity contribution in [2.24, 2.45) is 0 Å². The highest BCUT2D eigenvalue weighted by Gasteiger charge is 2.14. The molecule has 3 heteroatoms. The summed E-state index contributed by atoms with van der Waals surface area (Å²) < 4.78 is 10.5. The van der Waals surface area contributed by atoms with E-state index in [9.17, 15) is 0 Å². The van der Waals surface area contributed by atoms with Crippen molar-refractivity contribution in [1.29, 1.82) is 0 Å². The quantitative estimate of drug-likeness (QED) is 0.723. The molecule has 1 aromatic rings. The zero-order valence-electron chi connectivity index (χ0n) is 11.7. The van der Waals surface area contributed by atoms with Crippen molar-refractivity contribution in [3.8, 4) is 5.75 Å². The van der Waals surface area contributed by atoms with Crippen molar-refractivity contribution < 1.29 is 9.47 Å². The fraction of sp³-hybridized carbons (Fsp3) is 0.600. The summed E-state index contributed by atoms with van der Waals surface area (Å²) in [6, 6.07) is 4.37. The van der Waals surface area contributed by atoms with Gasteiger partial charge < -0.3 is 14.4 Å². The molecule has 1 fully saturated rings. The minimum absolute atomic E-state index is 0.313. The van der Waals surface area contributed by atoms with E-state index < -0.39 is 0 Å². The maximum Gasteiger partial charge on any atom is 0.188 e. The standard InChI is InChI=1S/C15H23NO2/c1-12-10-15(18-11-17-3)13(2)9-14(12)5-8-16-6-4-7-16/h9-10H,4-8,11H2,1-3H3. The van der Waals surface area contributed by atoms with Gasteiger partial charge in [0.15, 0.2) is 6.79 Å². The molecule has 1 saturated heterocycles. The molecule has 0 spiro atoms. The highest BCUT2D eigenvalue weighted by molar-refractivity contribution is 5.41. The molecular formula is C15H23NO2. The summed E-state index contributed by atoms with van der Waals surface area (Å²) in [5.41, 5.74) is 3.94. The number of aryl methyl sites for hydroxylation is 2. The molecule has 0 N–H and O–H groups in total. The second-order valence-corrected chi connectivity index (χ2v) is 5.04. The van der Waals surface area contributed by atoms with Gasteiger partial charge in [-0.05, 0) is 62.5 Å². The van der Waals surface area contributed by atoms with Crippen LogP contribution in [0.1, 0.15) is 23.1 Å². The van der Waals surface area contributed by atoms with Gasteiger partial charge in [-0.1, -0.05) is 6.07 Å². The number of hydrogen-bond acceptors (Lipinski definition) is 3. The van der Waals surface area contributed by atoms with E-state index in [1.165, 1.54) is 42.7 Å². The first kappa shape index (κ1) is 13.4. The lowest BCUT2D eigenvalue weighted by molar-refractivity contribution is 0.0506. The number of rotatable bonds is 6. The van der Waals surface area contributed by atoms with Gasteiger partial charge in [-0.2, -0.15) is 0 Å². The first-order chi connectivity index (χ1) is 8.70. The first-order valence-corrected chi connectivity index (χ1v) is 6.65. The summed E-state index contributed by atoms with van der Waals surface area (Å²) in [6.45, 7) is 8.29. The Morgan fingerprint density at radius 3 is 2.56 bits per heavy atom. The largest absolute Gasteiger partial charge is 0.467 e. The average Bonchev–Trinajstić information content (AvgIpc) is 2.29. The fourth-order valence-corrected chi connectivity index (χ4v) is 2.28. The highest BCUT2D eigenvalue weighted by Crippen LogP contribution is 2.23. The molecule has 0 bridgehead atoms. The van der Waals surface area contributed by atoms with E-state index in [4.69, 9.17) is 9.47 Å². The van der Waals surface area contributed by atoms with E-state index in [1.54, 1.807) is 7.11 Å². The van der Waals surface area contributed by atoms with Gasteiger partial charge in [0.25, 0.3) is 0 Å². The third kappa shape index (κ3) is 3.24. The van der Waals surface area contributed by atoms with Crippen LogP contribution in [0, 0.1) is 13.8 Å². The number of likely N-dealkylation sites (tertiary alicyclic amines) is 1. The maximum atomic E-state index is 5.55. The molecule has 1 aliphatic heterocycles. The summed E-state index contributed by atoms with van der Waals surface area (Å²) in [5.74, 6) is 0.932. The van der Waals surface area contributed by atoms with E-state index in [0.717, 1.165) is 12.2 Å². The van der Waals surface area contributed by atoms with Crippen LogP contribution in [0.25, 0.3) is 0 Å². The SMILES string of the molecule is COCOc1cc(C)c(CCN2CCC2)cc1C. The van der Waals surface area contributed by atoms with Crippen molar-refractivity contribution >= 4 is 0 Å². The Bertz CT molecular complexity index is 400. The molecule has 1 aliphatic rings. The zero-order valence-corrected chi connectivity index (χ0v) is 11.7. The summed E-state index contributed by atoms with van der Waals surface area (Å²) >= 11 is 0. The summed E-state index contributed by atoms with van der Waals surface area (Å²) in [4.78, 5) is 2.50. The predicted molar refractivity (Wildman–Crippen MR) is 73.2 cm³/mol. The minimum Gasteiger partial charge on any atom is -0.467 e. The van der Waals surface area contributed by atoms with E-state index in [1.807, 2.05) is 0 Å². The molecule has 0 radical (unpaired) electrons. The van der Waals surface area contributed by atoms with Crippen molar-refractivity contribution in [2.75, 3.05) is 33.5 Å². The van der Waals surface area contributed by atoms with Crippen LogP contribution in [0.15, 0.2) is 12.1 Å². The second-order valence-electron chi connectivity index (χ2n) is 5.04. The Kier molecular flexibility index (Phi) is 4.61. The number of ether oxygens (including phenoxy) is 2. The molecule has 100 valence electrons. The molecule has 2 rings (SSSR count). The van der Waals surface area contributed by atoms with Crippen LogP contribution in [-0.4, -0.2) is 38.4 Å². The van der Waals surface area contributed by atoms with Crippen LogP contribution < -0.4 is 4.74 Å². The summed E-state index contributed by atoms with van der Waals surface area (Å²) in [7, 11) is 1.64. The molecule has 18 heavy (non-hydrogen) atoms. The Hall–Kier alpha value is -1.06. The Balaban J connectivity index is 1.99. The molecule has 0 atom stereocenters. The summed E-state index contributed by atoms with van der Waals surface area (Å²) in [6.07, 6.45) is 2.50. The van der Waals surface area contributed by atoms with Gasteiger partial charge in [-0.3, -0.25) is 0 Å². The van der Waals surface area contributed by atoms with Crippen molar-refractivity contribution in [1.82, 2.24) is 4.90 Å². The number of hydrogen-bond donors (Lipinski definition) is 0. The van der Waals surface area contributed by atoms with Crippen molar-refractivity contribution in [2.45, 2.75) is 26.7 Å². The van der Waals surface area contributed by atoms with Crippen LogP contribution in [-0.2, 0) is 11.2 Å². The highest BCUT2D eigenvalue weighted by atomic mass is 16.7. The number of nitrogens with zero attached hydrogens (tertiary/aromatic N) is 1. The zero-order chi connectivity index (χ0) is 13.0. The van der Waals surface area contributed by atoms with Gasteiger partial charge in [0, 0.05) is 13.7 Å². The van der Waals surface area contributed by atoms with Gasteiger partial charge in [-0.15, -0.1) is 0 Å². The van der Waals surface area contributed by atoms with E-state index >= 15 is 0 Å². The minimum atomic E-state index is 0.313. The van der Waals surface area contributed by atoms with E-state index in [2.05, 4.69) is 30.9 Å². The van der Waals surface area contributed by atoms with Gasteiger partial charge >= 0.3 is 0 Å². The summed E-state index contributed by atoms with van der Waals surface area (Å²) in [5, 5.41) is 0. The van der Waals surface area contributed by atoms with Gasteiger partial charge in [-0.25, -0.2) is 0 Å². The molecule has 0 saturated carbocycles. The first-order valence-electron chi connectivity index (χ1n) is 6.65. The van der Waals surface area contributed by atoms with Crippen LogP contribution >= 0.6 is 0 Å². The molecule has 1 heterocycles. The van der Waals surface area contributed by atoms with Crippen LogP contribution in [0.2, 0.25) is 0 Å². The molecule has 0 amide bonds. The Morgan fingerprint density at radius 1 is 1.17 bits per heavy atom. The predicted octanol–water partition coefficient (Wildman–Crippen LogP) is 2.53. The molecule has 3 nitrogen and oxygen atoms in total. The second kappa shape index (κ2) is 6.21. The normalized spacial score (nSPS) is 15.5. The lowest BCUT2D eigenvalue weighted by Crippen LogP contribution is -2.38. The van der Waals surface area contributed by atoms with Gasteiger partial charge in [0.05, 0.1) is 0 Å².